The topological polar surface area (TPSA) is 67.7 Å². The van der Waals surface area contributed by atoms with Gasteiger partial charge in [0.1, 0.15) is 11.9 Å². The van der Waals surface area contributed by atoms with E-state index < -0.39 is 0 Å². The van der Waals surface area contributed by atoms with Crippen molar-refractivity contribution < 1.29 is 14.0 Å². The van der Waals surface area contributed by atoms with Gasteiger partial charge in [-0.1, -0.05) is 38.3 Å². The lowest BCUT2D eigenvalue weighted by Gasteiger charge is -2.50. The molecule has 0 radical (unpaired) electrons. The van der Waals surface area contributed by atoms with Crippen molar-refractivity contribution in [2.45, 2.75) is 88.0 Å². The molecular formula is C27H33FN4O2. The first-order valence-corrected chi connectivity index (χ1v) is 13.0. The van der Waals surface area contributed by atoms with Crippen molar-refractivity contribution in [3.05, 3.63) is 35.6 Å². The standard InChI is InChI=1S/C27H33FN4O2/c1-17(25(33)31-21(14-29)11-18-12-23(18)31)15-30-16-22-13-24(30)26(34)32(22)27(9-3-2-4-10-27)19-5-7-20(28)8-6-19/h5-8,17-18,21-24H,2-4,9-13,15-16H2,1H3/t17-,18+,21-,22+,23?,24+/m0/s1. The van der Waals surface area contributed by atoms with Gasteiger partial charge in [0.05, 0.1) is 17.6 Å². The van der Waals surface area contributed by atoms with E-state index in [1.165, 1.54) is 18.6 Å². The minimum Gasteiger partial charge on any atom is -0.327 e. The van der Waals surface area contributed by atoms with Crippen molar-refractivity contribution in [3.8, 4) is 6.07 Å². The van der Waals surface area contributed by atoms with Crippen LogP contribution in [0.4, 0.5) is 4.39 Å². The second-order valence-electron chi connectivity index (χ2n) is 11.3. The molecule has 1 aromatic carbocycles. The van der Waals surface area contributed by atoms with Gasteiger partial charge in [0.2, 0.25) is 11.8 Å². The lowest BCUT2D eigenvalue weighted by atomic mass is 9.74. The summed E-state index contributed by atoms with van der Waals surface area (Å²) in [5, 5.41) is 9.47. The molecule has 180 valence electrons. The van der Waals surface area contributed by atoms with Gasteiger partial charge in [-0.15, -0.1) is 0 Å². The van der Waals surface area contributed by atoms with Gasteiger partial charge in [-0.2, -0.15) is 5.26 Å². The van der Waals surface area contributed by atoms with Gasteiger partial charge >= 0.3 is 0 Å². The van der Waals surface area contributed by atoms with Crippen LogP contribution >= 0.6 is 0 Å². The summed E-state index contributed by atoms with van der Waals surface area (Å²) in [7, 11) is 0. The molecule has 2 amide bonds. The summed E-state index contributed by atoms with van der Waals surface area (Å²) in [4.78, 5) is 33.2. The first kappa shape index (κ1) is 22.0. The molecule has 5 aliphatic rings. The largest absolute Gasteiger partial charge is 0.327 e. The number of hydrogen-bond acceptors (Lipinski definition) is 4. The number of carbonyl (C=O) groups excluding carboxylic acids is 2. The van der Waals surface area contributed by atoms with Gasteiger partial charge in [0, 0.05) is 31.1 Å². The highest BCUT2D eigenvalue weighted by Gasteiger charge is 2.58. The number of carbonyl (C=O) groups is 2. The van der Waals surface area contributed by atoms with Crippen LogP contribution in [0, 0.1) is 29.0 Å². The summed E-state index contributed by atoms with van der Waals surface area (Å²) in [6, 6.07) is 9.00. The molecule has 2 bridgehead atoms. The highest BCUT2D eigenvalue weighted by molar-refractivity contribution is 5.87. The molecule has 3 saturated heterocycles. The van der Waals surface area contributed by atoms with E-state index in [4.69, 9.17) is 0 Å². The Balaban J connectivity index is 1.18. The SMILES string of the molecule is C[C@@H](CN1C[C@H]2C[C@@H]1C(=O)N2C1(c2ccc(F)cc2)CCCCC1)C(=O)N1C2C[C@H]2C[C@H]1C#N. The summed E-state index contributed by atoms with van der Waals surface area (Å²) < 4.78 is 13.7. The molecule has 3 heterocycles. The second-order valence-corrected chi connectivity index (χ2v) is 11.3. The third-order valence-corrected chi connectivity index (χ3v) is 9.23. The van der Waals surface area contributed by atoms with Crippen LogP contribution in [0.2, 0.25) is 0 Å². The Morgan fingerprint density at radius 2 is 1.91 bits per heavy atom. The van der Waals surface area contributed by atoms with E-state index in [0.29, 0.717) is 12.5 Å². The highest BCUT2D eigenvalue weighted by Crippen LogP contribution is 2.50. The lowest BCUT2D eigenvalue weighted by molar-refractivity contribution is -0.148. The van der Waals surface area contributed by atoms with Gasteiger partial charge in [-0.25, -0.2) is 4.39 Å². The van der Waals surface area contributed by atoms with Crippen LogP contribution in [0.3, 0.4) is 0 Å². The maximum atomic E-state index is 13.8. The number of rotatable bonds is 5. The average Bonchev–Trinajstić information content (AvgIpc) is 3.17. The zero-order valence-corrected chi connectivity index (χ0v) is 19.8. The molecule has 3 aliphatic heterocycles. The van der Waals surface area contributed by atoms with E-state index in [1.807, 2.05) is 24.0 Å². The maximum Gasteiger partial charge on any atom is 0.241 e. The zero-order valence-electron chi connectivity index (χ0n) is 19.8. The Labute approximate surface area is 200 Å². The Bertz CT molecular complexity index is 1030. The quantitative estimate of drug-likeness (QED) is 0.670. The number of amides is 2. The number of benzene rings is 1. The van der Waals surface area contributed by atoms with Crippen LogP contribution in [-0.2, 0) is 15.1 Å². The van der Waals surface area contributed by atoms with E-state index in [-0.39, 0.29) is 53.3 Å². The zero-order chi connectivity index (χ0) is 23.6. The van der Waals surface area contributed by atoms with Crippen LogP contribution in [-0.4, -0.2) is 63.8 Å². The van der Waals surface area contributed by atoms with E-state index in [0.717, 1.165) is 57.1 Å². The van der Waals surface area contributed by atoms with Gasteiger partial charge in [-0.05, 0) is 55.7 Å². The molecule has 6 atom stereocenters. The molecule has 2 aliphatic carbocycles. The smallest absolute Gasteiger partial charge is 0.241 e. The Hall–Kier alpha value is -2.46. The fraction of sp³-hybridized carbons (Fsp3) is 0.667. The number of likely N-dealkylation sites (tertiary alicyclic amines) is 3. The molecule has 6 rings (SSSR count). The predicted molar refractivity (Wildman–Crippen MR) is 124 cm³/mol. The van der Waals surface area contributed by atoms with Crippen molar-refractivity contribution in [1.29, 1.82) is 5.26 Å². The molecule has 0 aromatic heterocycles. The van der Waals surface area contributed by atoms with Gasteiger partial charge < -0.3 is 9.80 Å². The number of halogens is 1. The summed E-state index contributed by atoms with van der Waals surface area (Å²) in [6.07, 6.45) is 7.82. The van der Waals surface area contributed by atoms with Crippen LogP contribution in [0.15, 0.2) is 24.3 Å². The van der Waals surface area contributed by atoms with Crippen molar-refractivity contribution >= 4 is 11.8 Å². The highest BCUT2D eigenvalue weighted by atomic mass is 19.1. The van der Waals surface area contributed by atoms with Crippen LogP contribution in [0.1, 0.15) is 63.9 Å². The Morgan fingerprint density at radius 3 is 2.59 bits per heavy atom. The fourth-order valence-corrected chi connectivity index (χ4v) is 7.56. The van der Waals surface area contributed by atoms with Crippen molar-refractivity contribution in [1.82, 2.24) is 14.7 Å². The fourth-order valence-electron chi connectivity index (χ4n) is 7.56. The third-order valence-electron chi connectivity index (χ3n) is 9.23. The summed E-state index contributed by atoms with van der Waals surface area (Å²) in [5.41, 5.74) is 0.715. The van der Waals surface area contributed by atoms with Gasteiger partial charge in [0.15, 0.2) is 0 Å². The van der Waals surface area contributed by atoms with Crippen molar-refractivity contribution in [3.63, 3.8) is 0 Å². The van der Waals surface area contributed by atoms with Crippen LogP contribution in [0.25, 0.3) is 0 Å². The minimum atomic E-state index is -0.341. The van der Waals surface area contributed by atoms with E-state index in [2.05, 4.69) is 15.9 Å². The molecule has 2 saturated carbocycles. The first-order valence-electron chi connectivity index (χ1n) is 13.0. The lowest BCUT2D eigenvalue weighted by Crippen LogP contribution is -2.60. The monoisotopic (exact) mass is 464 g/mol. The second kappa shape index (κ2) is 8.05. The van der Waals surface area contributed by atoms with Gasteiger partial charge in [-0.3, -0.25) is 14.5 Å². The predicted octanol–water partition coefficient (Wildman–Crippen LogP) is 3.42. The molecule has 6 nitrogen and oxygen atoms in total. The third kappa shape index (κ3) is 3.29. The number of nitriles is 1. The number of nitrogens with zero attached hydrogens (tertiary/aromatic N) is 4. The number of piperazine rings is 1. The van der Waals surface area contributed by atoms with Crippen LogP contribution in [0.5, 0.6) is 0 Å². The minimum absolute atomic E-state index is 0.0682. The number of hydrogen-bond donors (Lipinski definition) is 0. The van der Waals surface area contributed by atoms with Crippen LogP contribution < -0.4 is 0 Å². The van der Waals surface area contributed by atoms with E-state index in [9.17, 15) is 19.2 Å². The molecule has 0 spiro atoms. The summed E-state index contributed by atoms with van der Waals surface area (Å²) >= 11 is 0. The van der Waals surface area contributed by atoms with Crippen molar-refractivity contribution in [2.24, 2.45) is 11.8 Å². The average molecular weight is 465 g/mol. The Kier molecular flexibility index (Phi) is 5.22. The normalized spacial score (nSPS) is 34.7. The number of fused-ring (bicyclic) bond motifs is 3. The van der Waals surface area contributed by atoms with Gasteiger partial charge in [0.25, 0.3) is 0 Å². The molecule has 34 heavy (non-hydrogen) atoms. The maximum absolute atomic E-state index is 13.8. The first-order chi connectivity index (χ1) is 16.4. The molecule has 1 unspecified atom stereocenters. The summed E-state index contributed by atoms with van der Waals surface area (Å²) in [5.74, 6) is 0.274. The molecule has 0 N–H and O–H groups in total. The van der Waals surface area contributed by atoms with E-state index in [1.54, 1.807) is 0 Å². The molecule has 7 heteroatoms. The number of piperidine rings is 1. The molecule has 1 aromatic rings. The van der Waals surface area contributed by atoms with Crippen molar-refractivity contribution in [2.75, 3.05) is 13.1 Å². The molecular weight excluding hydrogens is 431 g/mol. The van der Waals surface area contributed by atoms with E-state index >= 15 is 0 Å². The molecule has 5 fully saturated rings. The summed E-state index contributed by atoms with van der Waals surface area (Å²) in [6.45, 7) is 3.29. The Morgan fingerprint density at radius 1 is 1.18 bits per heavy atom.